The average molecular weight is 344 g/mol. The highest BCUT2D eigenvalue weighted by atomic mass is 32.2. The van der Waals surface area contributed by atoms with Crippen LogP contribution < -0.4 is 9.47 Å². The maximum atomic E-state index is 12.9. The van der Waals surface area contributed by atoms with E-state index in [4.69, 9.17) is 14.2 Å². The number of rotatable bonds is 6. The third-order valence-electron chi connectivity index (χ3n) is 3.86. The number of hydrogen-bond acceptors (Lipinski definition) is 6. The first-order valence-corrected chi connectivity index (χ1v) is 8.81. The zero-order chi connectivity index (χ0) is 17.0. The van der Waals surface area contributed by atoms with Crippen molar-refractivity contribution in [1.29, 1.82) is 0 Å². The van der Waals surface area contributed by atoms with Gasteiger partial charge in [0.1, 0.15) is 16.4 Å². The van der Waals surface area contributed by atoms with E-state index in [1.165, 1.54) is 24.6 Å². The summed E-state index contributed by atoms with van der Waals surface area (Å²) >= 11 is 0. The third-order valence-corrected chi connectivity index (χ3v) is 5.71. The Morgan fingerprint density at radius 1 is 1.35 bits per heavy atom. The van der Waals surface area contributed by atoms with Crippen molar-refractivity contribution in [3.05, 3.63) is 18.2 Å². The van der Waals surface area contributed by atoms with Gasteiger partial charge in [-0.15, -0.1) is 0 Å². The number of morpholine rings is 1. The number of methoxy groups -OCH3 is 2. The summed E-state index contributed by atoms with van der Waals surface area (Å²) in [5.74, 6) is 0.755. The molecule has 1 aromatic rings. The summed E-state index contributed by atoms with van der Waals surface area (Å²) < 4.78 is 43.0. The Morgan fingerprint density at radius 2 is 2.09 bits per heavy atom. The minimum absolute atomic E-state index is 0.0889. The Balaban J connectivity index is 2.23. The lowest BCUT2D eigenvalue weighted by Crippen LogP contribution is -2.46. The SMILES string of the molecule is COc1ccc(OC)c(S(=O)(=O)N(C)CC2CN(C)CCO2)c1. The van der Waals surface area contributed by atoms with E-state index in [9.17, 15) is 8.42 Å². The average Bonchev–Trinajstić information content (AvgIpc) is 2.54. The first-order chi connectivity index (χ1) is 10.9. The molecular weight excluding hydrogens is 320 g/mol. The zero-order valence-electron chi connectivity index (χ0n) is 14.0. The highest BCUT2D eigenvalue weighted by Crippen LogP contribution is 2.30. The molecule has 0 amide bonds. The smallest absolute Gasteiger partial charge is 0.246 e. The van der Waals surface area contributed by atoms with E-state index < -0.39 is 10.0 Å². The molecule has 1 aliphatic rings. The molecule has 2 rings (SSSR count). The van der Waals surface area contributed by atoms with E-state index in [-0.39, 0.29) is 17.5 Å². The van der Waals surface area contributed by atoms with Gasteiger partial charge in [0.05, 0.1) is 26.9 Å². The summed E-state index contributed by atoms with van der Waals surface area (Å²) in [6.45, 7) is 2.45. The minimum atomic E-state index is -3.70. The third kappa shape index (κ3) is 4.14. The van der Waals surface area contributed by atoms with Gasteiger partial charge in [-0.25, -0.2) is 8.42 Å². The van der Waals surface area contributed by atoms with Crippen molar-refractivity contribution in [2.24, 2.45) is 0 Å². The Morgan fingerprint density at radius 3 is 2.70 bits per heavy atom. The molecule has 130 valence electrons. The number of benzene rings is 1. The molecule has 0 bridgehead atoms. The Hall–Kier alpha value is -1.35. The molecule has 1 aromatic carbocycles. The van der Waals surface area contributed by atoms with Crippen LogP contribution in [0.5, 0.6) is 11.5 Å². The van der Waals surface area contributed by atoms with Gasteiger partial charge in [0.25, 0.3) is 0 Å². The van der Waals surface area contributed by atoms with E-state index >= 15 is 0 Å². The molecule has 8 heteroatoms. The van der Waals surface area contributed by atoms with Crippen LogP contribution in [0.2, 0.25) is 0 Å². The summed E-state index contributed by atoms with van der Waals surface area (Å²) in [6.07, 6.45) is -0.148. The van der Waals surface area contributed by atoms with Crippen LogP contribution >= 0.6 is 0 Å². The summed E-state index contributed by atoms with van der Waals surface area (Å²) in [7, 11) is 2.78. The number of likely N-dealkylation sites (N-methyl/N-ethyl adjacent to an activating group) is 2. The maximum Gasteiger partial charge on any atom is 0.246 e. The molecule has 1 heterocycles. The van der Waals surface area contributed by atoms with Gasteiger partial charge in [-0.3, -0.25) is 0 Å². The van der Waals surface area contributed by atoms with E-state index in [0.717, 1.165) is 6.54 Å². The second kappa shape index (κ2) is 7.48. The van der Waals surface area contributed by atoms with Crippen molar-refractivity contribution in [2.75, 3.05) is 54.6 Å². The Labute approximate surface area is 137 Å². The standard InChI is InChI=1S/C15H24N2O5S/c1-16-7-8-22-13(10-16)11-17(2)23(18,19)15-9-12(20-3)5-6-14(15)21-4/h5-6,9,13H,7-8,10-11H2,1-4H3. The molecule has 23 heavy (non-hydrogen) atoms. The molecule has 0 N–H and O–H groups in total. The molecule has 0 saturated carbocycles. The monoisotopic (exact) mass is 344 g/mol. The predicted molar refractivity (Wildman–Crippen MR) is 86.6 cm³/mol. The van der Waals surface area contributed by atoms with Crippen molar-refractivity contribution >= 4 is 10.0 Å². The highest BCUT2D eigenvalue weighted by Gasteiger charge is 2.29. The van der Waals surface area contributed by atoms with Crippen molar-refractivity contribution in [3.8, 4) is 11.5 Å². The first kappa shape index (κ1) is 18.0. The van der Waals surface area contributed by atoms with Crippen LogP contribution in [-0.2, 0) is 14.8 Å². The second-order valence-electron chi connectivity index (χ2n) is 5.56. The van der Waals surface area contributed by atoms with Crippen LogP contribution in [0, 0.1) is 0 Å². The Bertz CT molecular complexity index is 635. The maximum absolute atomic E-state index is 12.9. The second-order valence-corrected chi connectivity index (χ2v) is 7.57. The molecule has 0 radical (unpaired) electrons. The van der Waals surface area contributed by atoms with Crippen LogP contribution in [0.3, 0.4) is 0 Å². The van der Waals surface area contributed by atoms with Gasteiger partial charge in [0.2, 0.25) is 10.0 Å². The zero-order valence-corrected chi connectivity index (χ0v) is 14.8. The summed E-state index contributed by atoms with van der Waals surface area (Å²) in [5.41, 5.74) is 0. The number of sulfonamides is 1. The fourth-order valence-corrected chi connectivity index (χ4v) is 3.88. The molecule has 1 saturated heterocycles. The van der Waals surface area contributed by atoms with Crippen molar-refractivity contribution in [2.45, 2.75) is 11.0 Å². The van der Waals surface area contributed by atoms with Gasteiger partial charge in [-0.2, -0.15) is 4.31 Å². The molecular formula is C15H24N2O5S. The lowest BCUT2D eigenvalue weighted by molar-refractivity contribution is -0.0247. The molecule has 1 aliphatic heterocycles. The lowest BCUT2D eigenvalue weighted by Gasteiger charge is -2.32. The number of ether oxygens (including phenoxy) is 3. The minimum Gasteiger partial charge on any atom is -0.497 e. The van der Waals surface area contributed by atoms with E-state index in [2.05, 4.69) is 4.90 Å². The van der Waals surface area contributed by atoms with Crippen molar-refractivity contribution in [3.63, 3.8) is 0 Å². The molecule has 1 unspecified atom stereocenters. The van der Waals surface area contributed by atoms with Crippen LogP contribution in [0.15, 0.2) is 23.1 Å². The van der Waals surface area contributed by atoms with E-state index in [1.807, 2.05) is 7.05 Å². The number of hydrogen-bond donors (Lipinski definition) is 0. The predicted octanol–water partition coefficient (Wildman–Crippen LogP) is 0.655. The van der Waals surface area contributed by atoms with Crippen LogP contribution in [0.1, 0.15) is 0 Å². The van der Waals surface area contributed by atoms with E-state index in [1.54, 1.807) is 19.2 Å². The van der Waals surface area contributed by atoms with E-state index in [0.29, 0.717) is 24.7 Å². The molecule has 0 aliphatic carbocycles. The van der Waals surface area contributed by atoms with Crippen LogP contribution in [0.25, 0.3) is 0 Å². The van der Waals surface area contributed by atoms with Gasteiger partial charge in [0.15, 0.2) is 0 Å². The van der Waals surface area contributed by atoms with Crippen LogP contribution in [0.4, 0.5) is 0 Å². The van der Waals surface area contributed by atoms with Crippen LogP contribution in [-0.4, -0.2) is 78.3 Å². The normalized spacial score (nSPS) is 19.8. The molecule has 0 spiro atoms. The molecule has 1 fully saturated rings. The van der Waals surface area contributed by atoms with Crippen molar-refractivity contribution in [1.82, 2.24) is 9.21 Å². The van der Waals surface area contributed by atoms with Gasteiger partial charge in [0, 0.05) is 32.7 Å². The summed E-state index contributed by atoms with van der Waals surface area (Å²) in [5, 5.41) is 0. The molecule has 1 atom stereocenters. The number of nitrogens with zero attached hydrogens (tertiary/aromatic N) is 2. The van der Waals surface area contributed by atoms with Gasteiger partial charge in [-0.1, -0.05) is 0 Å². The molecule has 7 nitrogen and oxygen atoms in total. The summed E-state index contributed by atoms with van der Waals surface area (Å²) in [4.78, 5) is 2.21. The van der Waals surface area contributed by atoms with Gasteiger partial charge < -0.3 is 19.1 Å². The van der Waals surface area contributed by atoms with Gasteiger partial charge >= 0.3 is 0 Å². The topological polar surface area (TPSA) is 68.3 Å². The van der Waals surface area contributed by atoms with Crippen molar-refractivity contribution < 1.29 is 22.6 Å². The van der Waals surface area contributed by atoms with Gasteiger partial charge in [-0.05, 0) is 19.2 Å². The summed E-state index contributed by atoms with van der Waals surface area (Å²) in [6, 6.07) is 4.72. The largest absolute Gasteiger partial charge is 0.497 e. The lowest BCUT2D eigenvalue weighted by atomic mass is 10.3. The Kier molecular flexibility index (Phi) is 5.85. The first-order valence-electron chi connectivity index (χ1n) is 7.37. The molecule has 0 aromatic heterocycles. The quantitative estimate of drug-likeness (QED) is 0.755. The highest BCUT2D eigenvalue weighted by molar-refractivity contribution is 7.89. The fraction of sp³-hybridized carbons (Fsp3) is 0.600. The fourth-order valence-electron chi connectivity index (χ4n) is 2.52.